The van der Waals surface area contributed by atoms with Gasteiger partial charge in [0.25, 0.3) is 0 Å². The summed E-state index contributed by atoms with van der Waals surface area (Å²) < 4.78 is 0.541. The van der Waals surface area contributed by atoms with Crippen LogP contribution in [-0.4, -0.2) is 0 Å². The van der Waals surface area contributed by atoms with E-state index in [1.54, 1.807) is 0 Å². The molecule has 0 aliphatic carbocycles. The van der Waals surface area contributed by atoms with Gasteiger partial charge in [-0.3, -0.25) is 0 Å². The molecule has 4 atom stereocenters. The van der Waals surface area contributed by atoms with E-state index in [0.717, 1.165) is 0 Å². The normalized spacial score (nSPS) is 151. The maximum absolute atomic E-state index is 9.65. The molecule has 10 aliphatic heterocycles. The van der Waals surface area contributed by atoms with Crippen LogP contribution in [0.2, 0.25) is 47.7 Å². The van der Waals surface area contributed by atoms with Crippen molar-refractivity contribution in [3.63, 3.8) is 0 Å². The first-order valence-electron chi connectivity index (χ1n) is 5.73. The number of fused-ring (bicyclic) bond motifs is 10. The van der Waals surface area contributed by atoms with Gasteiger partial charge in [-0.25, -0.2) is 0 Å². The topological polar surface area (TPSA) is 23.8 Å². The number of hydrogen-bond acceptors (Lipinski definition) is 1. The third-order valence-corrected chi connectivity index (χ3v) is 57.0. The quantitative estimate of drug-likeness (QED) is 0.564. The molecule has 10 aliphatic rings. The molecular formula is C11H9FeN. The van der Waals surface area contributed by atoms with Crippen LogP contribution in [0.3, 0.4) is 0 Å². The van der Waals surface area contributed by atoms with E-state index in [2.05, 4.69) is 6.07 Å². The first kappa shape index (κ1) is 3.87. The molecule has 0 bridgehead atoms. The van der Waals surface area contributed by atoms with Crippen molar-refractivity contribution in [2.45, 2.75) is 47.7 Å². The monoisotopic (exact) mass is 211 g/mol. The van der Waals surface area contributed by atoms with E-state index < -0.39 is 6.51 Å². The molecule has 66 valence electrons. The fourth-order valence-corrected chi connectivity index (χ4v) is 89.3. The summed E-state index contributed by atoms with van der Waals surface area (Å²) in [5, 5.41) is 9.65. The minimum absolute atomic E-state index is 0.541. The van der Waals surface area contributed by atoms with Gasteiger partial charge in [0.2, 0.25) is 0 Å². The summed E-state index contributed by atoms with van der Waals surface area (Å²) in [7, 11) is 0. The summed E-state index contributed by atoms with van der Waals surface area (Å²) in [6, 6.07) is 2.95. The summed E-state index contributed by atoms with van der Waals surface area (Å²) in [5.74, 6) is 0. The van der Waals surface area contributed by atoms with Crippen LogP contribution in [-0.2, 0) is 6.51 Å². The Balaban J connectivity index is 2.16. The Morgan fingerprint density at radius 1 is 0.846 bits per heavy atom. The second-order valence-corrected chi connectivity index (χ2v) is 33.4. The van der Waals surface area contributed by atoms with Crippen LogP contribution in [0.15, 0.2) is 0 Å². The molecule has 1 spiro atoms. The molecule has 0 N–H and O–H groups in total. The van der Waals surface area contributed by atoms with Crippen LogP contribution < -0.4 is 0 Å². The Morgan fingerprint density at radius 3 is 1.38 bits per heavy atom. The van der Waals surface area contributed by atoms with E-state index in [9.17, 15) is 5.26 Å². The standard InChI is InChI=1S/C6H4N.C5H5.Fe/c7-5-6-3-1-2-4-6;1-2-4-5-3-1;/h1-4H;1-5H;. The SMILES string of the molecule is N#C[C]12[CH]3[CH]4[CH]5[CH]1[Fe]45321678[CH]2[CH]1[CH]6[CH]7[CH]28. The molecule has 13 heavy (non-hydrogen) atoms. The van der Waals surface area contributed by atoms with Crippen molar-refractivity contribution in [1.82, 2.24) is 0 Å². The number of nitrogens with zero attached hydrogens (tertiary/aromatic N) is 1. The molecule has 0 amide bonds. The average Bonchev–Trinajstić information content (AvgIpc) is 3.12. The molecule has 1 nitrogen and oxygen atoms in total. The Hall–Kier alpha value is 0.00948. The third-order valence-electron chi connectivity index (χ3n) is 14.9. The molecule has 0 aromatic rings. The second kappa shape index (κ2) is 0.233. The Bertz CT molecular complexity index is 839. The van der Waals surface area contributed by atoms with E-state index in [0.29, 0.717) is 4.31 Å². The van der Waals surface area contributed by atoms with Crippen LogP contribution in [0.1, 0.15) is 0 Å². The molecule has 0 radical (unpaired) electrons. The summed E-state index contributed by atoms with van der Waals surface area (Å²) >= 11 is 0. The summed E-state index contributed by atoms with van der Waals surface area (Å²) in [6.45, 7) is -2.86. The van der Waals surface area contributed by atoms with Gasteiger partial charge in [0.1, 0.15) is 0 Å². The van der Waals surface area contributed by atoms with Crippen LogP contribution >= 0.6 is 0 Å². The van der Waals surface area contributed by atoms with Crippen LogP contribution in [0.25, 0.3) is 0 Å². The zero-order valence-corrected chi connectivity index (χ0v) is 8.10. The van der Waals surface area contributed by atoms with Crippen LogP contribution in [0, 0.1) is 11.3 Å². The van der Waals surface area contributed by atoms with Crippen molar-refractivity contribution in [1.29, 1.82) is 5.26 Å². The van der Waals surface area contributed by atoms with Crippen molar-refractivity contribution in [3.8, 4) is 6.07 Å². The summed E-state index contributed by atoms with van der Waals surface area (Å²) in [5.41, 5.74) is 0. The first-order chi connectivity index (χ1) is 6.11. The van der Waals surface area contributed by atoms with E-state index in [-0.39, 0.29) is 0 Å². The van der Waals surface area contributed by atoms with Crippen molar-refractivity contribution in [3.05, 3.63) is 0 Å². The van der Waals surface area contributed by atoms with Gasteiger partial charge in [-0.1, -0.05) is 0 Å². The van der Waals surface area contributed by atoms with E-state index in [1.165, 1.54) is 43.3 Å². The van der Waals surface area contributed by atoms with Gasteiger partial charge in [0.05, 0.1) is 0 Å². The molecule has 2 heteroatoms. The third kappa shape index (κ3) is 0.0258. The fourth-order valence-electron chi connectivity index (χ4n) is 16.5. The molecule has 4 unspecified atom stereocenters. The van der Waals surface area contributed by atoms with Gasteiger partial charge in [-0.2, -0.15) is 0 Å². The summed E-state index contributed by atoms with van der Waals surface area (Å²) in [6.07, 6.45) is 0. The van der Waals surface area contributed by atoms with Crippen molar-refractivity contribution < 1.29 is 6.51 Å². The minimum atomic E-state index is -2.86. The van der Waals surface area contributed by atoms with Gasteiger partial charge in [0.15, 0.2) is 0 Å². The Kier molecular flexibility index (Phi) is 0.0695. The van der Waals surface area contributed by atoms with Gasteiger partial charge in [-0.05, 0) is 0 Å². The molecule has 0 aromatic carbocycles. The first-order valence-corrected chi connectivity index (χ1v) is 12.0. The Morgan fingerprint density at radius 2 is 1.31 bits per heavy atom. The predicted octanol–water partition coefficient (Wildman–Crippen LogP) is 3.27. The zero-order chi connectivity index (χ0) is 7.72. The number of nitriles is 1. The fraction of sp³-hybridized carbons (Fsp3) is 0.909. The summed E-state index contributed by atoms with van der Waals surface area (Å²) in [4.78, 5) is 11.8. The maximum atomic E-state index is 9.65. The molecule has 10 saturated heterocycles. The van der Waals surface area contributed by atoms with Crippen LogP contribution in [0.4, 0.5) is 0 Å². The molecule has 10 rings (SSSR count). The van der Waals surface area contributed by atoms with Gasteiger partial charge in [-0.15, -0.1) is 0 Å². The molecular weight excluding hydrogens is 202 g/mol. The predicted molar refractivity (Wildman–Crippen MR) is 42.1 cm³/mol. The van der Waals surface area contributed by atoms with Gasteiger partial charge >= 0.3 is 65.5 Å². The van der Waals surface area contributed by atoms with Crippen molar-refractivity contribution >= 4 is 0 Å². The number of rotatable bonds is 0. The van der Waals surface area contributed by atoms with Gasteiger partial charge in [0, 0.05) is 0 Å². The zero-order valence-electron chi connectivity index (χ0n) is 7.00. The van der Waals surface area contributed by atoms with Gasteiger partial charge < -0.3 is 0 Å². The van der Waals surface area contributed by atoms with E-state index in [4.69, 9.17) is 0 Å². The molecule has 0 saturated carbocycles. The van der Waals surface area contributed by atoms with Crippen LogP contribution in [0.5, 0.6) is 0 Å². The Labute approximate surface area is 65.8 Å². The molecule has 0 aromatic heterocycles. The van der Waals surface area contributed by atoms with E-state index >= 15 is 0 Å². The van der Waals surface area contributed by atoms with E-state index in [1.807, 2.05) is 0 Å². The molecule has 10 heterocycles. The molecule has 10 fully saturated rings. The number of hydrogen-bond donors (Lipinski definition) is 0. The van der Waals surface area contributed by atoms with Crippen molar-refractivity contribution in [2.75, 3.05) is 0 Å². The average molecular weight is 211 g/mol. The van der Waals surface area contributed by atoms with Crippen molar-refractivity contribution in [2.24, 2.45) is 0 Å². The second-order valence-electron chi connectivity index (χ2n) is 9.79.